The second-order valence-corrected chi connectivity index (χ2v) is 4.25. The van der Waals surface area contributed by atoms with Crippen molar-refractivity contribution in [1.82, 2.24) is 0 Å². The molecule has 19 heavy (non-hydrogen) atoms. The Morgan fingerprint density at radius 3 is 2.63 bits per heavy atom. The molecule has 0 saturated heterocycles. The van der Waals surface area contributed by atoms with E-state index in [1.165, 1.54) is 0 Å². The summed E-state index contributed by atoms with van der Waals surface area (Å²) in [6.07, 6.45) is 0. The van der Waals surface area contributed by atoms with Gasteiger partial charge in [0.25, 0.3) is 0 Å². The largest absolute Gasteiger partial charge is 0.492 e. The monoisotopic (exact) mass is 252 g/mol. The first-order valence-electron chi connectivity index (χ1n) is 6.19. The van der Waals surface area contributed by atoms with Crippen LogP contribution in [-0.4, -0.2) is 20.2 Å². The fourth-order valence-corrected chi connectivity index (χ4v) is 1.76. The predicted octanol–water partition coefficient (Wildman–Crippen LogP) is 3.07. The van der Waals surface area contributed by atoms with Gasteiger partial charge in [-0.3, -0.25) is 0 Å². The standard InChI is InChI=1S/C16H16N2O/c1-18(15-7-5-6-14(12-15)13-17)10-11-19-16-8-3-2-4-9-16/h2-9,12H,10-11H2,1H3. The molecule has 0 aromatic heterocycles. The summed E-state index contributed by atoms with van der Waals surface area (Å²) >= 11 is 0. The molecule has 0 fully saturated rings. The lowest BCUT2D eigenvalue weighted by molar-refractivity contribution is 0.326. The van der Waals surface area contributed by atoms with Crippen LogP contribution in [0, 0.1) is 11.3 Å². The van der Waals surface area contributed by atoms with Crippen LogP contribution in [-0.2, 0) is 0 Å². The molecule has 0 aliphatic rings. The van der Waals surface area contributed by atoms with Crippen molar-refractivity contribution in [2.45, 2.75) is 0 Å². The van der Waals surface area contributed by atoms with E-state index in [1.54, 1.807) is 6.07 Å². The van der Waals surface area contributed by atoms with Gasteiger partial charge in [-0.25, -0.2) is 0 Å². The zero-order valence-corrected chi connectivity index (χ0v) is 10.9. The third-order valence-corrected chi connectivity index (χ3v) is 2.85. The topological polar surface area (TPSA) is 36.3 Å². The van der Waals surface area contributed by atoms with Crippen LogP contribution in [0.5, 0.6) is 5.75 Å². The number of benzene rings is 2. The van der Waals surface area contributed by atoms with Gasteiger partial charge in [-0.1, -0.05) is 24.3 Å². The Balaban J connectivity index is 1.87. The summed E-state index contributed by atoms with van der Waals surface area (Å²) < 4.78 is 5.65. The van der Waals surface area contributed by atoms with Crippen molar-refractivity contribution in [3.8, 4) is 11.8 Å². The van der Waals surface area contributed by atoms with Crippen molar-refractivity contribution >= 4 is 5.69 Å². The summed E-state index contributed by atoms with van der Waals surface area (Å²) in [5.74, 6) is 0.877. The third-order valence-electron chi connectivity index (χ3n) is 2.85. The van der Waals surface area contributed by atoms with E-state index in [1.807, 2.05) is 55.6 Å². The molecule has 2 aromatic rings. The summed E-state index contributed by atoms with van der Waals surface area (Å²) in [5, 5.41) is 8.88. The second kappa shape index (κ2) is 6.46. The minimum absolute atomic E-state index is 0.608. The molecule has 0 unspecified atom stereocenters. The highest BCUT2D eigenvalue weighted by molar-refractivity contribution is 5.50. The van der Waals surface area contributed by atoms with Gasteiger partial charge in [0.05, 0.1) is 18.2 Å². The fraction of sp³-hybridized carbons (Fsp3) is 0.188. The first-order valence-corrected chi connectivity index (χ1v) is 6.19. The molecule has 3 nitrogen and oxygen atoms in total. The molecule has 0 saturated carbocycles. The molecule has 0 amide bonds. The Bertz CT molecular complexity index is 560. The SMILES string of the molecule is CN(CCOc1ccccc1)c1cccc(C#N)c1. The molecule has 0 aliphatic carbocycles. The number of rotatable bonds is 5. The molecule has 2 aromatic carbocycles. The average Bonchev–Trinajstić information content (AvgIpc) is 2.48. The van der Waals surface area contributed by atoms with E-state index in [9.17, 15) is 0 Å². The van der Waals surface area contributed by atoms with Crippen molar-refractivity contribution in [3.63, 3.8) is 0 Å². The van der Waals surface area contributed by atoms with Gasteiger partial charge in [0, 0.05) is 12.7 Å². The van der Waals surface area contributed by atoms with Crippen LogP contribution in [0.15, 0.2) is 54.6 Å². The van der Waals surface area contributed by atoms with Crippen molar-refractivity contribution in [2.24, 2.45) is 0 Å². The third kappa shape index (κ3) is 3.75. The molecule has 2 rings (SSSR count). The number of hydrogen-bond acceptors (Lipinski definition) is 3. The van der Waals surface area contributed by atoms with Crippen LogP contribution in [0.2, 0.25) is 0 Å². The maximum absolute atomic E-state index is 8.88. The van der Waals surface area contributed by atoms with Gasteiger partial charge in [0.2, 0.25) is 0 Å². The zero-order chi connectivity index (χ0) is 13.5. The van der Waals surface area contributed by atoms with Crippen LogP contribution in [0.25, 0.3) is 0 Å². The number of para-hydroxylation sites is 1. The number of anilines is 1. The minimum Gasteiger partial charge on any atom is -0.492 e. The molecule has 0 bridgehead atoms. The Morgan fingerprint density at radius 2 is 1.89 bits per heavy atom. The second-order valence-electron chi connectivity index (χ2n) is 4.25. The van der Waals surface area contributed by atoms with E-state index in [0.717, 1.165) is 18.0 Å². The smallest absolute Gasteiger partial charge is 0.119 e. The molecule has 0 atom stereocenters. The lowest BCUT2D eigenvalue weighted by atomic mass is 10.2. The number of nitriles is 1. The zero-order valence-electron chi connectivity index (χ0n) is 10.9. The summed E-state index contributed by atoms with van der Waals surface area (Å²) in [4.78, 5) is 2.07. The van der Waals surface area contributed by atoms with E-state index >= 15 is 0 Å². The molecular weight excluding hydrogens is 236 g/mol. The van der Waals surface area contributed by atoms with Crippen molar-refractivity contribution in [3.05, 3.63) is 60.2 Å². The van der Waals surface area contributed by atoms with Crippen molar-refractivity contribution in [2.75, 3.05) is 25.1 Å². The maximum atomic E-state index is 8.88. The summed E-state index contributed by atoms with van der Waals surface area (Å²) in [6.45, 7) is 1.38. The number of likely N-dealkylation sites (N-methyl/N-ethyl adjacent to an activating group) is 1. The van der Waals surface area contributed by atoms with Crippen LogP contribution < -0.4 is 9.64 Å². The van der Waals surface area contributed by atoms with Crippen LogP contribution in [0.3, 0.4) is 0 Å². The van der Waals surface area contributed by atoms with Crippen LogP contribution >= 0.6 is 0 Å². The quantitative estimate of drug-likeness (QED) is 0.820. The number of nitrogens with zero attached hydrogens (tertiary/aromatic N) is 2. The maximum Gasteiger partial charge on any atom is 0.119 e. The normalized spacial score (nSPS) is 9.68. The Kier molecular flexibility index (Phi) is 4.41. The number of ether oxygens (including phenoxy) is 1. The van der Waals surface area contributed by atoms with Crippen LogP contribution in [0.1, 0.15) is 5.56 Å². The average molecular weight is 252 g/mol. The molecular formula is C16H16N2O. The van der Waals surface area contributed by atoms with Gasteiger partial charge in [-0.15, -0.1) is 0 Å². The highest BCUT2D eigenvalue weighted by atomic mass is 16.5. The lowest BCUT2D eigenvalue weighted by Crippen LogP contribution is -2.23. The molecule has 0 spiro atoms. The van der Waals surface area contributed by atoms with E-state index in [2.05, 4.69) is 11.0 Å². The van der Waals surface area contributed by atoms with Crippen LogP contribution in [0.4, 0.5) is 5.69 Å². The summed E-state index contributed by atoms with van der Waals surface area (Å²) in [5.41, 5.74) is 1.70. The van der Waals surface area contributed by atoms with E-state index in [0.29, 0.717) is 12.2 Å². The molecule has 0 N–H and O–H groups in total. The molecule has 0 aliphatic heterocycles. The van der Waals surface area contributed by atoms with Gasteiger partial charge < -0.3 is 9.64 Å². The Labute approximate surface area is 113 Å². The molecule has 0 radical (unpaired) electrons. The van der Waals surface area contributed by atoms with Gasteiger partial charge in [-0.2, -0.15) is 5.26 Å². The van der Waals surface area contributed by atoms with Crippen molar-refractivity contribution < 1.29 is 4.74 Å². The van der Waals surface area contributed by atoms with Gasteiger partial charge in [0.15, 0.2) is 0 Å². The number of hydrogen-bond donors (Lipinski definition) is 0. The predicted molar refractivity (Wildman–Crippen MR) is 76.4 cm³/mol. The van der Waals surface area contributed by atoms with Gasteiger partial charge in [-0.05, 0) is 30.3 Å². The first kappa shape index (κ1) is 13.0. The van der Waals surface area contributed by atoms with E-state index in [4.69, 9.17) is 10.00 Å². The van der Waals surface area contributed by atoms with E-state index < -0.39 is 0 Å². The summed E-state index contributed by atoms with van der Waals surface area (Å²) in [7, 11) is 1.99. The summed E-state index contributed by atoms with van der Waals surface area (Å²) in [6, 6.07) is 19.5. The Hall–Kier alpha value is -2.47. The lowest BCUT2D eigenvalue weighted by Gasteiger charge is -2.19. The highest BCUT2D eigenvalue weighted by Gasteiger charge is 2.02. The molecule has 0 heterocycles. The highest BCUT2D eigenvalue weighted by Crippen LogP contribution is 2.14. The van der Waals surface area contributed by atoms with E-state index in [-0.39, 0.29) is 0 Å². The van der Waals surface area contributed by atoms with Crippen molar-refractivity contribution in [1.29, 1.82) is 5.26 Å². The van der Waals surface area contributed by atoms with Gasteiger partial charge in [0.1, 0.15) is 12.4 Å². The minimum atomic E-state index is 0.608. The molecule has 96 valence electrons. The first-order chi connectivity index (χ1) is 9.29. The Morgan fingerprint density at radius 1 is 1.11 bits per heavy atom. The van der Waals surface area contributed by atoms with Gasteiger partial charge >= 0.3 is 0 Å². The molecule has 3 heteroatoms. The fourth-order valence-electron chi connectivity index (χ4n) is 1.76.